The molecule has 0 aliphatic carbocycles. The molecule has 0 aliphatic rings. The summed E-state index contributed by atoms with van der Waals surface area (Å²) in [6.45, 7) is -0.0797. The van der Waals surface area contributed by atoms with Gasteiger partial charge in [0.15, 0.2) is 0 Å². The van der Waals surface area contributed by atoms with Gasteiger partial charge in [-0.2, -0.15) is 8.78 Å². The molecule has 0 amide bonds. The van der Waals surface area contributed by atoms with E-state index in [1.54, 1.807) is 0 Å². The van der Waals surface area contributed by atoms with Gasteiger partial charge in [0.25, 0.3) is 0 Å². The van der Waals surface area contributed by atoms with Crippen molar-refractivity contribution in [2.75, 3.05) is 26.4 Å². The zero-order valence-corrected chi connectivity index (χ0v) is 8.16. The summed E-state index contributed by atoms with van der Waals surface area (Å²) in [5.41, 5.74) is 0. The third kappa shape index (κ3) is 4.80. The van der Waals surface area contributed by atoms with Gasteiger partial charge < -0.3 is 14.6 Å². The second-order valence-electron chi connectivity index (χ2n) is 2.60. The molecular weight excluding hydrogens is 214 g/mol. The molecule has 0 unspecified atom stereocenters. The van der Waals surface area contributed by atoms with Crippen molar-refractivity contribution in [1.29, 1.82) is 0 Å². The standard InChI is InChI=1S/C8H12F2O5/c1-6(12)8(9,10)7(13)15-5-4-14-3-2-11/h11H,2-5H2,1H3. The molecule has 0 saturated heterocycles. The highest BCUT2D eigenvalue weighted by molar-refractivity contribution is 6.04. The molecule has 0 radical (unpaired) electrons. The van der Waals surface area contributed by atoms with Crippen molar-refractivity contribution in [3.05, 3.63) is 0 Å². The van der Waals surface area contributed by atoms with Gasteiger partial charge in [0.1, 0.15) is 6.61 Å². The summed E-state index contributed by atoms with van der Waals surface area (Å²) in [6, 6.07) is 0. The Morgan fingerprint density at radius 1 is 1.27 bits per heavy atom. The van der Waals surface area contributed by atoms with Crippen molar-refractivity contribution in [2.45, 2.75) is 12.8 Å². The first-order valence-corrected chi connectivity index (χ1v) is 4.17. The molecule has 5 nitrogen and oxygen atoms in total. The third-order valence-corrected chi connectivity index (χ3v) is 1.39. The maximum atomic E-state index is 12.6. The Labute approximate surface area is 85.0 Å². The first-order chi connectivity index (χ1) is 6.92. The van der Waals surface area contributed by atoms with Gasteiger partial charge in [-0.3, -0.25) is 4.79 Å². The average molecular weight is 226 g/mol. The van der Waals surface area contributed by atoms with E-state index in [0.29, 0.717) is 6.92 Å². The Balaban J connectivity index is 3.79. The van der Waals surface area contributed by atoms with Crippen LogP contribution in [-0.4, -0.2) is 49.2 Å². The van der Waals surface area contributed by atoms with Crippen LogP contribution in [0.15, 0.2) is 0 Å². The number of ketones is 1. The summed E-state index contributed by atoms with van der Waals surface area (Å²) >= 11 is 0. The van der Waals surface area contributed by atoms with E-state index in [4.69, 9.17) is 5.11 Å². The number of esters is 1. The highest BCUT2D eigenvalue weighted by atomic mass is 19.3. The molecule has 0 heterocycles. The fourth-order valence-electron chi connectivity index (χ4n) is 0.594. The Morgan fingerprint density at radius 2 is 1.87 bits per heavy atom. The van der Waals surface area contributed by atoms with Gasteiger partial charge in [-0.15, -0.1) is 0 Å². The van der Waals surface area contributed by atoms with E-state index in [9.17, 15) is 18.4 Å². The fraction of sp³-hybridized carbons (Fsp3) is 0.750. The van der Waals surface area contributed by atoms with Gasteiger partial charge >= 0.3 is 11.9 Å². The number of aliphatic hydroxyl groups is 1. The third-order valence-electron chi connectivity index (χ3n) is 1.39. The number of hydrogen-bond donors (Lipinski definition) is 1. The molecule has 0 aliphatic heterocycles. The number of alkyl halides is 2. The summed E-state index contributed by atoms with van der Waals surface area (Å²) in [7, 11) is 0. The molecule has 0 spiro atoms. The minimum absolute atomic E-state index is 0.0284. The lowest BCUT2D eigenvalue weighted by molar-refractivity contribution is -0.177. The van der Waals surface area contributed by atoms with Crippen LogP contribution in [0.4, 0.5) is 8.78 Å². The number of carbonyl (C=O) groups excluding carboxylic acids is 2. The van der Waals surface area contributed by atoms with E-state index in [2.05, 4.69) is 9.47 Å². The molecule has 0 aromatic heterocycles. The highest BCUT2D eigenvalue weighted by Gasteiger charge is 2.46. The zero-order valence-electron chi connectivity index (χ0n) is 8.16. The normalized spacial score (nSPS) is 11.2. The van der Waals surface area contributed by atoms with Crippen molar-refractivity contribution in [1.82, 2.24) is 0 Å². The molecule has 0 atom stereocenters. The number of carbonyl (C=O) groups is 2. The van der Waals surface area contributed by atoms with Crippen molar-refractivity contribution in [3.63, 3.8) is 0 Å². The minimum atomic E-state index is -4.10. The Bertz CT molecular complexity index is 229. The van der Waals surface area contributed by atoms with Crippen LogP contribution < -0.4 is 0 Å². The van der Waals surface area contributed by atoms with Crippen LogP contribution in [0.5, 0.6) is 0 Å². The van der Waals surface area contributed by atoms with Crippen LogP contribution in [0, 0.1) is 0 Å². The quantitative estimate of drug-likeness (QED) is 0.368. The second-order valence-corrected chi connectivity index (χ2v) is 2.60. The topological polar surface area (TPSA) is 72.8 Å². The van der Waals surface area contributed by atoms with Gasteiger partial charge in [0, 0.05) is 6.92 Å². The summed E-state index contributed by atoms with van der Waals surface area (Å²) in [5.74, 6) is -7.55. The Hall–Kier alpha value is -1.08. The van der Waals surface area contributed by atoms with Crippen LogP contribution in [0.25, 0.3) is 0 Å². The lowest BCUT2D eigenvalue weighted by Gasteiger charge is -2.11. The molecule has 0 rings (SSSR count). The molecule has 0 fully saturated rings. The Kier molecular flexibility index (Phi) is 5.95. The summed E-state index contributed by atoms with van der Waals surface area (Å²) < 4.78 is 34.0. The lowest BCUT2D eigenvalue weighted by atomic mass is 10.2. The molecule has 88 valence electrons. The number of hydrogen-bond acceptors (Lipinski definition) is 5. The summed E-state index contributed by atoms with van der Waals surface area (Å²) in [5, 5.41) is 8.28. The van der Waals surface area contributed by atoms with Crippen LogP contribution in [0.2, 0.25) is 0 Å². The van der Waals surface area contributed by atoms with Gasteiger partial charge in [-0.1, -0.05) is 0 Å². The van der Waals surface area contributed by atoms with E-state index in [1.165, 1.54) is 0 Å². The van der Waals surface area contributed by atoms with Gasteiger partial charge in [-0.25, -0.2) is 4.79 Å². The highest BCUT2D eigenvalue weighted by Crippen LogP contribution is 2.16. The molecule has 7 heteroatoms. The second kappa shape index (κ2) is 6.41. The smallest absolute Gasteiger partial charge is 0.399 e. The summed E-state index contributed by atoms with van der Waals surface area (Å²) in [6.07, 6.45) is 0. The van der Waals surface area contributed by atoms with E-state index in [-0.39, 0.29) is 26.4 Å². The molecule has 0 aromatic rings. The monoisotopic (exact) mass is 226 g/mol. The van der Waals surface area contributed by atoms with Crippen LogP contribution in [-0.2, 0) is 19.1 Å². The van der Waals surface area contributed by atoms with Gasteiger partial charge in [0.2, 0.25) is 5.78 Å². The molecular formula is C8H12F2O5. The number of Topliss-reactive ketones (excluding diaryl/α,β-unsaturated/α-hetero) is 1. The van der Waals surface area contributed by atoms with E-state index in [0.717, 1.165) is 0 Å². The maximum absolute atomic E-state index is 12.6. The largest absolute Gasteiger partial charge is 0.458 e. The molecule has 1 N–H and O–H groups in total. The zero-order chi connectivity index (χ0) is 11.9. The summed E-state index contributed by atoms with van der Waals surface area (Å²) in [4.78, 5) is 21.0. The average Bonchev–Trinajstić information content (AvgIpc) is 2.16. The van der Waals surface area contributed by atoms with Crippen molar-refractivity contribution in [2.24, 2.45) is 0 Å². The number of rotatable bonds is 7. The first kappa shape index (κ1) is 13.9. The van der Waals surface area contributed by atoms with Crippen LogP contribution >= 0.6 is 0 Å². The van der Waals surface area contributed by atoms with Gasteiger partial charge in [-0.05, 0) is 0 Å². The SMILES string of the molecule is CC(=O)C(F)(F)C(=O)OCCOCCO. The minimum Gasteiger partial charge on any atom is -0.458 e. The van der Waals surface area contributed by atoms with Crippen molar-refractivity contribution < 1.29 is 33.0 Å². The van der Waals surface area contributed by atoms with Crippen molar-refractivity contribution >= 4 is 11.8 Å². The van der Waals surface area contributed by atoms with Crippen molar-refractivity contribution in [3.8, 4) is 0 Å². The fourth-order valence-corrected chi connectivity index (χ4v) is 0.594. The number of halogens is 2. The van der Waals surface area contributed by atoms with E-state index in [1.807, 2.05) is 0 Å². The van der Waals surface area contributed by atoms with E-state index < -0.39 is 17.7 Å². The maximum Gasteiger partial charge on any atom is 0.399 e. The molecule has 15 heavy (non-hydrogen) atoms. The van der Waals surface area contributed by atoms with Gasteiger partial charge in [0.05, 0.1) is 19.8 Å². The molecule has 0 aromatic carbocycles. The predicted octanol–water partition coefficient (Wildman–Crippen LogP) is -0.237. The lowest BCUT2D eigenvalue weighted by Crippen LogP contribution is -2.38. The Morgan fingerprint density at radius 3 is 2.33 bits per heavy atom. The number of ether oxygens (including phenoxy) is 2. The van der Waals surface area contributed by atoms with Crippen LogP contribution in [0.3, 0.4) is 0 Å². The number of aliphatic hydroxyl groups excluding tert-OH is 1. The molecule has 0 saturated carbocycles. The van der Waals surface area contributed by atoms with Crippen LogP contribution in [0.1, 0.15) is 6.92 Å². The molecule has 0 bridgehead atoms. The first-order valence-electron chi connectivity index (χ1n) is 4.17. The van der Waals surface area contributed by atoms with E-state index >= 15 is 0 Å². The predicted molar refractivity (Wildman–Crippen MR) is 44.5 cm³/mol.